The van der Waals surface area contributed by atoms with Crippen LogP contribution < -0.4 is 25.8 Å². The number of carbonyl (C=O) groups excluding carboxylic acids is 2. The number of aliphatic hydroxyl groups excluding tert-OH is 1. The Bertz CT molecular complexity index is 2200. The first-order valence-corrected chi connectivity index (χ1v) is 18.5. The number of H-pyrrole nitrogens is 1. The number of aromatic amines is 1. The van der Waals surface area contributed by atoms with Gasteiger partial charge in [0.1, 0.15) is 24.2 Å². The summed E-state index contributed by atoms with van der Waals surface area (Å²) in [6.45, 7) is 3.36. The normalized spacial score (nSPS) is 15.1. The lowest BCUT2D eigenvalue weighted by Crippen LogP contribution is -2.40. The van der Waals surface area contributed by atoms with Gasteiger partial charge in [-0.25, -0.2) is 9.59 Å². The summed E-state index contributed by atoms with van der Waals surface area (Å²) in [5.74, 6) is 0.539. The first-order valence-electron chi connectivity index (χ1n) is 18.5. The summed E-state index contributed by atoms with van der Waals surface area (Å²) in [5, 5.41) is 27.9. The van der Waals surface area contributed by atoms with E-state index in [-0.39, 0.29) is 36.1 Å². The fourth-order valence-electron chi connectivity index (χ4n) is 7.33. The van der Waals surface area contributed by atoms with Gasteiger partial charge in [-0.05, 0) is 60.2 Å². The number of methoxy groups -OCH3 is 1. The van der Waals surface area contributed by atoms with Crippen molar-refractivity contribution < 1.29 is 34.0 Å². The van der Waals surface area contributed by atoms with Crippen LogP contribution in [-0.2, 0) is 22.4 Å². The Kier molecular flexibility index (Phi) is 11.6. The van der Waals surface area contributed by atoms with Crippen LogP contribution in [0.15, 0.2) is 95.8 Å². The molecule has 2 aliphatic heterocycles. The third-order valence-electron chi connectivity index (χ3n) is 10.2. The highest BCUT2D eigenvalue weighted by atomic mass is 16.6. The van der Waals surface area contributed by atoms with E-state index in [1.807, 2.05) is 66.7 Å². The number of aromatic hydroxyl groups is 1. The van der Waals surface area contributed by atoms with Crippen LogP contribution in [-0.4, -0.2) is 84.8 Å². The maximum absolute atomic E-state index is 13.2. The van der Waals surface area contributed by atoms with E-state index in [0.29, 0.717) is 61.3 Å². The van der Waals surface area contributed by atoms with Crippen molar-refractivity contribution in [3.8, 4) is 22.6 Å². The van der Waals surface area contributed by atoms with Crippen molar-refractivity contribution in [3.63, 3.8) is 0 Å². The van der Waals surface area contributed by atoms with Crippen LogP contribution >= 0.6 is 0 Å². The molecule has 2 amide bonds. The van der Waals surface area contributed by atoms with Crippen LogP contribution in [0.4, 0.5) is 21.0 Å². The van der Waals surface area contributed by atoms with E-state index >= 15 is 0 Å². The van der Waals surface area contributed by atoms with Crippen LogP contribution in [0.5, 0.6) is 11.5 Å². The molecule has 0 radical (unpaired) electrons. The van der Waals surface area contributed by atoms with E-state index in [4.69, 9.17) is 14.2 Å². The average molecular weight is 748 g/mol. The number of ether oxygens (including phenoxy) is 3. The van der Waals surface area contributed by atoms with E-state index in [9.17, 15) is 24.6 Å². The van der Waals surface area contributed by atoms with Gasteiger partial charge in [0.2, 0.25) is 5.56 Å². The number of para-hydroxylation sites is 1. The first-order chi connectivity index (χ1) is 26.8. The van der Waals surface area contributed by atoms with E-state index < -0.39 is 18.3 Å². The predicted octanol–water partition coefficient (Wildman–Crippen LogP) is 5.94. The molecule has 0 aliphatic carbocycles. The zero-order chi connectivity index (χ0) is 38.3. The van der Waals surface area contributed by atoms with Gasteiger partial charge in [0.15, 0.2) is 0 Å². The Morgan fingerprint density at radius 1 is 0.964 bits per heavy atom. The second-order valence-electron chi connectivity index (χ2n) is 13.7. The molecule has 0 saturated carbocycles. The number of hydrogen-bond acceptors (Lipinski definition) is 10. The van der Waals surface area contributed by atoms with E-state index in [1.165, 1.54) is 12.1 Å². The molecule has 1 fully saturated rings. The Labute approximate surface area is 318 Å². The molecule has 1 aromatic heterocycles. The lowest BCUT2D eigenvalue weighted by Gasteiger charge is -2.31. The number of aliphatic hydroxyl groups is 1. The number of nitrogens with zero attached hydrogens (tertiary/aromatic N) is 2. The smallest absolute Gasteiger partial charge is 0.414 e. The van der Waals surface area contributed by atoms with E-state index in [2.05, 4.69) is 20.5 Å². The van der Waals surface area contributed by atoms with Crippen molar-refractivity contribution in [2.24, 2.45) is 0 Å². The molecular weight excluding hydrogens is 702 g/mol. The molecule has 55 heavy (non-hydrogen) atoms. The van der Waals surface area contributed by atoms with Crippen LogP contribution in [0.1, 0.15) is 35.6 Å². The molecule has 5 aromatic rings. The standard InChI is InChI=1S/C42H45N5O8/c1-53-38-24-35-28(23-29(38)25-43-26-37(49)32-11-13-36(48)40-33(32)12-14-39(50)45-40)15-20-47(35)42(52)54-22-21-46-18-16-30(17-19-46)55-41(51)44-34-10-6-5-9-31(34)27-7-3-2-4-8-27/h2-14,23-24,30,37,43,48-49H,15-22,25-26H2,1H3,(H,44,51)(H,45,50). The van der Waals surface area contributed by atoms with Crippen LogP contribution in [0.2, 0.25) is 0 Å². The number of amides is 2. The summed E-state index contributed by atoms with van der Waals surface area (Å²) in [6, 6.07) is 27.4. The number of fused-ring (bicyclic) bond motifs is 2. The van der Waals surface area contributed by atoms with Gasteiger partial charge in [-0.1, -0.05) is 54.6 Å². The number of phenols is 1. The Morgan fingerprint density at radius 3 is 2.55 bits per heavy atom. The van der Waals surface area contributed by atoms with Crippen LogP contribution in [0.25, 0.3) is 22.0 Å². The Balaban J connectivity index is 0.855. The molecule has 1 unspecified atom stereocenters. The van der Waals surface area contributed by atoms with E-state index in [0.717, 1.165) is 41.0 Å². The topological polar surface area (TPSA) is 166 Å². The van der Waals surface area contributed by atoms with Crippen LogP contribution in [0, 0.1) is 0 Å². The summed E-state index contributed by atoms with van der Waals surface area (Å²) >= 11 is 0. The number of anilines is 2. The van der Waals surface area contributed by atoms with Gasteiger partial charge < -0.3 is 34.7 Å². The number of carbonyl (C=O) groups is 2. The van der Waals surface area contributed by atoms with Gasteiger partial charge in [-0.15, -0.1) is 0 Å². The molecule has 1 saturated heterocycles. The second-order valence-corrected chi connectivity index (χ2v) is 13.7. The predicted molar refractivity (Wildman–Crippen MR) is 210 cm³/mol. The molecule has 13 nitrogen and oxygen atoms in total. The molecule has 4 aromatic carbocycles. The third kappa shape index (κ3) is 8.75. The summed E-state index contributed by atoms with van der Waals surface area (Å²) < 4.78 is 17.2. The Hall–Kier alpha value is -5.89. The Morgan fingerprint density at radius 2 is 1.75 bits per heavy atom. The highest BCUT2D eigenvalue weighted by Crippen LogP contribution is 2.36. The number of likely N-dealkylation sites (tertiary alicyclic amines) is 1. The van der Waals surface area contributed by atoms with Gasteiger partial charge in [-0.3, -0.25) is 19.9 Å². The minimum Gasteiger partial charge on any atom is -0.506 e. The molecule has 7 rings (SSSR count). The number of phenolic OH excluding ortho intramolecular Hbond substituents is 1. The highest BCUT2D eigenvalue weighted by molar-refractivity contribution is 5.92. The molecular formula is C42H45N5O8. The minimum atomic E-state index is -0.903. The molecule has 0 bridgehead atoms. The highest BCUT2D eigenvalue weighted by Gasteiger charge is 2.29. The zero-order valence-corrected chi connectivity index (χ0v) is 30.6. The fourth-order valence-corrected chi connectivity index (χ4v) is 7.33. The van der Waals surface area contributed by atoms with Crippen molar-refractivity contribution in [2.75, 3.05) is 56.7 Å². The molecule has 5 N–H and O–H groups in total. The number of nitrogens with one attached hydrogen (secondary N) is 3. The number of benzene rings is 4. The number of piperidine rings is 1. The van der Waals surface area contributed by atoms with Gasteiger partial charge in [-0.2, -0.15) is 0 Å². The van der Waals surface area contributed by atoms with Crippen LogP contribution in [0.3, 0.4) is 0 Å². The molecule has 3 heterocycles. The number of pyridine rings is 1. The van der Waals surface area contributed by atoms with Crippen molar-refractivity contribution in [3.05, 3.63) is 118 Å². The molecule has 13 heteroatoms. The van der Waals surface area contributed by atoms with Crippen molar-refractivity contribution in [1.82, 2.24) is 15.2 Å². The van der Waals surface area contributed by atoms with Gasteiger partial charge in [0.05, 0.1) is 30.1 Å². The first kappa shape index (κ1) is 37.4. The monoisotopic (exact) mass is 747 g/mol. The zero-order valence-electron chi connectivity index (χ0n) is 30.6. The average Bonchev–Trinajstić information content (AvgIpc) is 3.62. The molecule has 0 spiro atoms. The fraction of sp³-hybridized carbons (Fsp3) is 0.310. The van der Waals surface area contributed by atoms with Crippen molar-refractivity contribution in [2.45, 2.75) is 38.0 Å². The van der Waals surface area contributed by atoms with Gasteiger partial charge >= 0.3 is 12.2 Å². The quantitative estimate of drug-likeness (QED) is 0.103. The molecule has 1 atom stereocenters. The van der Waals surface area contributed by atoms with Gasteiger partial charge in [0.25, 0.3) is 0 Å². The largest absolute Gasteiger partial charge is 0.506 e. The third-order valence-corrected chi connectivity index (χ3v) is 10.2. The minimum absolute atomic E-state index is 0.0648. The lowest BCUT2D eigenvalue weighted by atomic mass is 10.0. The SMILES string of the molecule is COc1cc2c(cc1CNCC(O)c1ccc(O)c3[nH]c(=O)ccc13)CCN2C(=O)OCCN1CCC(OC(=O)Nc2ccccc2-c2ccccc2)CC1. The molecule has 286 valence electrons. The number of hydrogen-bond donors (Lipinski definition) is 5. The number of aromatic nitrogens is 1. The molecule has 2 aliphatic rings. The lowest BCUT2D eigenvalue weighted by molar-refractivity contribution is 0.0512. The summed E-state index contributed by atoms with van der Waals surface area (Å²) in [5.41, 5.74) is 5.78. The second kappa shape index (κ2) is 17.1. The van der Waals surface area contributed by atoms with E-state index in [1.54, 1.807) is 24.1 Å². The maximum Gasteiger partial charge on any atom is 0.414 e. The number of rotatable bonds is 12. The summed E-state index contributed by atoms with van der Waals surface area (Å²) in [6.07, 6.45) is 0.0558. The summed E-state index contributed by atoms with van der Waals surface area (Å²) in [4.78, 5) is 44.2. The van der Waals surface area contributed by atoms with Gasteiger partial charge in [0, 0.05) is 67.9 Å². The van der Waals surface area contributed by atoms with Crippen molar-refractivity contribution in [1.29, 1.82) is 0 Å². The summed E-state index contributed by atoms with van der Waals surface area (Å²) in [7, 11) is 1.58. The maximum atomic E-state index is 13.2. The van der Waals surface area contributed by atoms with Crippen molar-refractivity contribution >= 4 is 34.5 Å².